The van der Waals surface area contributed by atoms with Crippen LogP contribution < -0.4 is 4.57 Å². The summed E-state index contributed by atoms with van der Waals surface area (Å²) in [6, 6.07) is 15.4. The largest absolute Gasteiger partial charge is 0.307 e. The van der Waals surface area contributed by atoms with Gasteiger partial charge < -0.3 is 4.40 Å². The molecule has 0 saturated carbocycles. The predicted molar refractivity (Wildman–Crippen MR) is 102 cm³/mol. The summed E-state index contributed by atoms with van der Waals surface area (Å²) in [7, 11) is 2.14. The highest BCUT2D eigenvalue weighted by Gasteiger charge is 2.23. The molecule has 2 aromatic carbocycles. The quantitative estimate of drug-likeness (QED) is 0.229. The smallest absolute Gasteiger partial charge is 0.224 e. The van der Waals surface area contributed by atoms with E-state index in [2.05, 4.69) is 76.6 Å². The summed E-state index contributed by atoms with van der Waals surface area (Å²) in [6.07, 6.45) is 6.04. The Balaban J connectivity index is 2.18. The van der Waals surface area contributed by atoms with Gasteiger partial charge in [0.25, 0.3) is 0 Å². The van der Waals surface area contributed by atoms with Gasteiger partial charge in [-0.25, -0.2) is 4.57 Å². The standard InChI is InChI=1S/C22H16N3/c1-13-6-7-15-16-12-23-10-8-17(16)25-18-5-3-4-14-9-11-24(2)22(20(14)18)19(13)21(15)25/h3-12H,1-2H3/q+1. The fourth-order valence-electron chi connectivity index (χ4n) is 4.49. The molecule has 0 N–H and O–H groups in total. The fourth-order valence-corrected chi connectivity index (χ4v) is 4.49. The van der Waals surface area contributed by atoms with Crippen molar-refractivity contribution in [2.24, 2.45) is 7.05 Å². The highest BCUT2D eigenvalue weighted by Crippen LogP contribution is 2.39. The molecule has 4 aromatic heterocycles. The summed E-state index contributed by atoms with van der Waals surface area (Å²) < 4.78 is 4.68. The summed E-state index contributed by atoms with van der Waals surface area (Å²) >= 11 is 0. The molecule has 0 aliphatic carbocycles. The monoisotopic (exact) mass is 322 g/mol. The first-order chi connectivity index (χ1) is 12.3. The van der Waals surface area contributed by atoms with E-state index in [1.807, 2.05) is 12.4 Å². The van der Waals surface area contributed by atoms with Crippen LogP contribution in [0.5, 0.6) is 0 Å². The number of benzene rings is 2. The maximum atomic E-state index is 4.38. The van der Waals surface area contributed by atoms with Gasteiger partial charge in [-0.15, -0.1) is 0 Å². The third kappa shape index (κ3) is 1.43. The van der Waals surface area contributed by atoms with Gasteiger partial charge in [-0.1, -0.05) is 24.3 Å². The highest BCUT2D eigenvalue weighted by molar-refractivity contribution is 6.25. The SMILES string of the molecule is Cc1ccc2c3cnccc3n3c4cccc5cc[n+](C)c(c1c23)c54. The van der Waals surface area contributed by atoms with E-state index in [4.69, 9.17) is 0 Å². The Kier molecular flexibility index (Phi) is 2.23. The van der Waals surface area contributed by atoms with E-state index in [0.29, 0.717) is 0 Å². The number of pyridine rings is 3. The summed E-state index contributed by atoms with van der Waals surface area (Å²) in [5, 5.41) is 6.43. The molecule has 0 spiro atoms. The Labute approximate surface area is 144 Å². The summed E-state index contributed by atoms with van der Waals surface area (Å²) in [5.41, 5.74) is 6.39. The maximum Gasteiger partial charge on any atom is 0.224 e. The molecule has 0 radical (unpaired) electrons. The average Bonchev–Trinajstić information content (AvgIpc) is 2.97. The Morgan fingerprint density at radius 2 is 1.84 bits per heavy atom. The fraction of sp³-hybridized carbons (Fsp3) is 0.0909. The van der Waals surface area contributed by atoms with Crippen LogP contribution in [0, 0.1) is 6.92 Å². The minimum Gasteiger partial charge on any atom is -0.307 e. The van der Waals surface area contributed by atoms with Gasteiger partial charge in [0, 0.05) is 29.2 Å². The van der Waals surface area contributed by atoms with Crippen molar-refractivity contribution >= 4 is 49.0 Å². The molecular weight excluding hydrogens is 306 g/mol. The highest BCUT2D eigenvalue weighted by atomic mass is 15.0. The molecular formula is C22H16N3+. The number of rotatable bonds is 0. The first-order valence-corrected chi connectivity index (χ1v) is 8.55. The van der Waals surface area contributed by atoms with Crippen molar-refractivity contribution in [1.82, 2.24) is 9.38 Å². The number of fused-ring (bicyclic) bond motifs is 5. The molecule has 0 fully saturated rings. The second-order valence-electron chi connectivity index (χ2n) is 6.90. The molecule has 25 heavy (non-hydrogen) atoms. The molecule has 0 unspecified atom stereocenters. The van der Waals surface area contributed by atoms with Gasteiger partial charge in [0.2, 0.25) is 5.52 Å². The second kappa shape index (κ2) is 4.25. The minimum absolute atomic E-state index is 1.21. The number of hydrogen-bond acceptors (Lipinski definition) is 1. The topological polar surface area (TPSA) is 21.2 Å². The van der Waals surface area contributed by atoms with E-state index in [1.54, 1.807) is 0 Å². The molecule has 0 atom stereocenters. The Hall–Kier alpha value is -3.20. The van der Waals surface area contributed by atoms with E-state index in [1.165, 1.54) is 54.6 Å². The third-order valence-corrected chi connectivity index (χ3v) is 5.56. The van der Waals surface area contributed by atoms with Crippen molar-refractivity contribution in [1.29, 1.82) is 0 Å². The van der Waals surface area contributed by atoms with Crippen molar-refractivity contribution < 1.29 is 4.57 Å². The van der Waals surface area contributed by atoms with Crippen LogP contribution >= 0.6 is 0 Å². The molecule has 4 heterocycles. The number of nitrogens with zero attached hydrogens (tertiary/aromatic N) is 3. The van der Waals surface area contributed by atoms with Crippen LogP contribution in [0.15, 0.2) is 61.1 Å². The van der Waals surface area contributed by atoms with Crippen molar-refractivity contribution in [3.8, 4) is 0 Å². The van der Waals surface area contributed by atoms with Crippen molar-refractivity contribution in [3.63, 3.8) is 0 Å². The molecule has 0 amide bonds. The molecule has 0 aliphatic heterocycles. The Morgan fingerprint density at radius 1 is 0.920 bits per heavy atom. The zero-order valence-electron chi connectivity index (χ0n) is 14.1. The third-order valence-electron chi connectivity index (χ3n) is 5.56. The summed E-state index contributed by atoms with van der Waals surface area (Å²) in [4.78, 5) is 4.38. The Bertz CT molecular complexity index is 1460. The van der Waals surface area contributed by atoms with Crippen LogP contribution in [-0.2, 0) is 7.05 Å². The van der Waals surface area contributed by atoms with Crippen LogP contribution in [-0.4, -0.2) is 9.38 Å². The van der Waals surface area contributed by atoms with Gasteiger partial charge in [0.15, 0.2) is 6.20 Å². The van der Waals surface area contributed by atoms with Gasteiger partial charge in [-0.2, -0.15) is 0 Å². The summed E-state index contributed by atoms with van der Waals surface area (Å²) in [5.74, 6) is 0. The van der Waals surface area contributed by atoms with Crippen LogP contribution in [0.3, 0.4) is 0 Å². The lowest BCUT2D eigenvalue weighted by molar-refractivity contribution is -0.643. The Morgan fingerprint density at radius 3 is 2.76 bits per heavy atom. The van der Waals surface area contributed by atoms with Gasteiger partial charge in [0.05, 0.1) is 27.3 Å². The molecule has 6 rings (SSSR count). The molecule has 6 aromatic rings. The molecule has 3 heteroatoms. The van der Waals surface area contributed by atoms with Crippen LogP contribution in [0.2, 0.25) is 0 Å². The van der Waals surface area contributed by atoms with Crippen LogP contribution in [0.1, 0.15) is 5.56 Å². The van der Waals surface area contributed by atoms with E-state index >= 15 is 0 Å². The van der Waals surface area contributed by atoms with E-state index in [-0.39, 0.29) is 0 Å². The number of aryl methyl sites for hydroxylation is 2. The van der Waals surface area contributed by atoms with Crippen LogP contribution in [0.25, 0.3) is 49.0 Å². The average molecular weight is 322 g/mol. The molecule has 0 saturated heterocycles. The lowest BCUT2D eigenvalue weighted by atomic mass is 10.00. The first kappa shape index (κ1) is 13.1. The number of aromatic nitrogens is 3. The number of hydrogen-bond donors (Lipinski definition) is 0. The zero-order valence-corrected chi connectivity index (χ0v) is 14.1. The first-order valence-electron chi connectivity index (χ1n) is 8.55. The molecule has 118 valence electrons. The van der Waals surface area contributed by atoms with Crippen LogP contribution in [0.4, 0.5) is 0 Å². The maximum absolute atomic E-state index is 4.38. The van der Waals surface area contributed by atoms with Crippen molar-refractivity contribution in [2.45, 2.75) is 6.92 Å². The van der Waals surface area contributed by atoms with E-state index < -0.39 is 0 Å². The summed E-state index contributed by atoms with van der Waals surface area (Å²) in [6.45, 7) is 2.21. The normalized spacial score (nSPS) is 12.4. The minimum atomic E-state index is 1.21. The van der Waals surface area contributed by atoms with Crippen molar-refractivity contribution in [2.75, 3.05) is 0 Å². The molecule has 3 nitrogen and oxygen atoms in total. The lowest BCUT2D eigenvalue weighted by Crippen LogP contribution is -2.28. The van der Waals surface area contributed by atoms with Gasteiger partial charge in [-0.3, -0.25) is 4.98 Å². The molecule has 0 aliphatic rings. The molecule has 0 bridgehead atoms. The second-order valence-corrected chi connectivity index (χ2v) is 6.90. The van der Waals surface area contributed by atoms with Crippen molar-refractivity contribution in [3.05, 3.63) is 66.6 Å². The zero-order chi connectivity index (χ0) is 16.7. The lowest BCUT2D eigenvalue weighted by Gasteiger charge is -2.12. The van der Waals surface area contributed by atoms with E-state index in [9.17, 15) is 0 Å². The van der Waals surface area contributed by atoms with Gasteiger partial charge in [-0.05, 0) is 30.0 Å². The van der Waals surface area contributed by atoms with Gasteiger partial charge in [0.1, 0.15) is 7.05 Å². The predicted octanol–water partition coefficient (Wildman–Crippen LogP) is 4.52. The van der Waals surface area contributed by atoms with Gasteiger partial charge >= 0.3 is 0 Å². The van der Waals surface area contributed by atoms with E-state index in [0.717, 1.165) is 0 Å².